The minimum absolute atomic E-state index is 1.09. The molecule has 0 aliphatic heterocycles. The van der Waals surface area contributed by atoms with Crippen LogP contribution in [0.25, 0.3) is 21.8 Å². The second-order valence-corrected chi connectivity index (χ2v) is 3.96. The Morgan fingerprint density at radius 1 is 1.20 bits per heavy atom. The zero-order chi connectivity index (χ0) is 10.4. The summed E-state index contributed by atoms with van der Waals surface area (Å²) in [6.45, 7) is 2.14. The average molecular weight is 196 g/mol. The Morgan fingerprint density at radius 2 is 2.07 bits per heavy atom. The number of hydrogen-bond acceptors (Lipinski definition) is 1. The minimum atomic E-state index is 1.09. The highest BCUT2D eigenvalue weighted by molar-refractivity contribution is 6.04. The molecular weight excluding hydrogens is 184 g/mol. The Kier molecular flexibility index (Phi) is 1.60. The first-order chi connectivity index (χ1) is 7.27. The normalized spacial score (nSPS) is 11.3. The van der Waals surface area contributed by atoms with E-state index in [9.17, 15) is 0 Å². The summed E-state index contributed by atoms with van der Waals surface area (Å²) >= 11 is 0. The van der Waals surface area contributed by atoms with Gasteiger partial charge in [0.15, 0.2) is 0 Å². The average Bonchev–Trinajstić information content (AvgIpc) is 2.55. The summed E-state index contributed by atoms with van der Waals surface area (Å²) in [5, 5.41) is 2.50. The second kappa shape index (κ2) is 2.83. The molecule has 0 saturated carbocycles. The Morgan fingerprint density at radius 3 is 2.93 bits per heavy atom. The van der Waals surface area contributed by atoms with E-state index in [0.29, 0.717) is 0 Å². The molecule has 15 heavy (non-hydrogen) atoms. The maximum atomic E-state index is 4.46. The molecule has 0 saturated heterocycles. The Labute approximate surface area is 88.2 Å². The van der Waals surface area contributed by atoms with Gasteiger partial charge in [-0.25, -0.2) is 0 Å². The van der Waals surface area contributed by atoms with E-state index in [1.807, 2.05) is 12.3 Å². The smallest absolute Gasteiger partial charge is 0.0944 e. The monoisotopic (exact) mass is 196 g/mol. The molecule has 0 bridgehead atoms. The topological polar surface area (TPSA) is 17.8 Å². The number of fused-ring (bicyclic) bond motifs is 3. The Hall–Kier alpha value is -1.83. The van der Waals surface area contributed by atoms with E-state index in [1.54, 1.807) is 0 Å². The van der Waals surface area contributed by atoms with Gasteiger partial charge in [0.1, 0.15) is 0 Å². The standard InChI is InChI=1S/C13H12N2/c1-9-8-15(2)13-11(9)6-5-10-4-3-7-14-12(10)13/h3-8H,1-2H3. The third-order valence-electron chi connectivity index (χ3n) is 2.91. The van der Waals surface area contributed by atoms with Crippen LogP contribution in [0, 0.1) is 6.92 Å². The van der Waals surface area contributed by atoms with Gasteiger partial charge in [-0.3, -0.25) is 4.98 Å². The summed E-state index contributed by atoms with van der Waals surface area (Å²) in [6, 6.07) is 8.39. The molecule has 2 aromatic heterocycles. The molecule has 0 fully saturated rings. The molecule has 1 aromatic carbocycles. The Bertz CT molecular complexity index is 650. The van der Waals surface area contributed by atoms with Crippen molar-refractivity contribution in [1.29, 1.82) is 0 Å². The van der Waals surface area contributed by atoms with Crippen LogP contribution in [0.4, 0.5) is 0 Å². The van der Waals surface area contributed by atoms with Gasteiger partial charge in [0, 0.05) is 30.2 Å². The molecule has 2 heterocycles. The third-order valence-corrected chi connectivity index (χ3v) is 2.91. The highest BCUT2D eigenvalue weighted by atomic mass is 14.9. The molecule has 0 unspecified atom stereocenters. The minimum Gasteiger partial charge on any atom is -0.349 e. The maximum absolute atomic E-state index is 4.46. The first-order valence-corrected chi connectivity index (χ1v) is 5.07. The summed E-state index contributed by atoms with van der Waals surface area (Å²) in [5.41, 5.74) is 3.62. The predicted octanol–water partition coefficient (Wildman–Crippen LogP) is 3.03. The van der Waals surface area contributed by atoms with Crippen LogP contribution in [-0.2, 0) is 7.05 Å². The molecule has 0 spiro atoms. The van der Waals surface area contributed by atoms with Gasteiger partial charge in [-0.2, -0.15) is 0 Å². The summed E-state index contributed by atoms with van der Waals surface area (Å²) < 4.78 is 2.15. The number of rotatable bonds is 0. The van der Waals surface area contributed by atoms with Gasteiger partial charge >= 0.3 is 0 Å². The fraction of sp³-hybridized carbons (Fsp3) is 0.154. The quantitative estimate of drug-likeness (QED) is 0.540. The molecule has 0 radical (unpaired) electrons. The second-order valence-electron chi connectivity index (χ2n) is 3.96. The molecule has 0 aliphatic carbocycles. The zero-order valence-corrected chi connectivity index (χ0v) is 8.86. The van der Waals surface area contributed by atoms with Crippen molar-refractivity contribution >= 4 is 21.8 Å². The molecule has 3 aromatic rings. The molecular formula is C13H12N2. The number of hydrogen-bond donors (Lipinski definition) is 0. The van der Waals surface area contributed by atoms with Crippen molar-refractivity contribution in [3.8, 4) is 0 Å². The predicted molar refractivity (Wildman–Crippen MR) is 63.0 cm³/mol. The van der Waals surface area contributed by atoms with Crippen LogP contribution in [0.15, 0.2) is 36.7 Å². The van der Waals surface area contributed by atoms with Crippen molar-refractivity contribution in [1.82, 2.24) is 9.55 Å². The van der Waals surface area contributed by atoms with E-state index >= 15 is 0 Å². The lowest BCUT2D eigenvalue weighted by Gasteiger charge is -2.01. The summed E-state index contributed by atoms with van der Waals surface area (Å²) in [7, 11) is 2.07. The molecule has 74 valence electrons. The molecule has 3 rings (SSSR count). The van der Waals surface area contributed by atoms with E-state index in [4.69, 9.17) is 0 Å². The number of nitrogens with zero attached hydrogens (tertiary/aromatic N) is 2. The third kappa shape index (κ3) is 1.08. The van der Waals surface area contributed by atoms with Crippen LogP contribution in [0.2, 0.25) is 0 Å². The number of pyridine rings is 1. The summed E-state index contributed by atoms with van der Waals surface area (Å²) in [4.78, 5) is 4.46. The van der Waals surface area contributed by atoms with Crippen molar-refractivity contribution in [2.75, 3.05) is 0 Å². The summed E-state index contributed by atoms with van der Waals surface area (Å²) in [6.07, 6.45) is 4.00. The first-order valence-electron chi connectivity index (χ1n) is 5.07. The van der Waals surface area contributed by atoms with E-state index in [-0.39, 0.29) is 0 Å². The van der Waals surface area contributed by atoms with Crippen LogP contribution >= 0.6 is 0 Å². The number of aromatic nitrogens is 2. The molecule has 2 nitrogen and oxygen atoms in total. The van der Waals surface area contributed by atoms with Crippen molar-refractivity contribution in [3.05, 3.63) is 42.2 Å². The van der Waals surface area contributed by atoms with Crippen molar-refractivity contribution < 1.29 is 0 Å². The van der Waals surface area contributed by atoms with Gasteiger partial charge < -0.3 is 4.57 Å². The van der Waals surface area contributed by atoms with Crippen molar-refractivity contribution in [2.45, 2.75) is 6.92 Å². The fourth-order valence-electron chi connectivity index (χ4n) is 2.23. The van der Waals surface area contributed by atoms with E-state index < -0.39 is 0 Å². The van der Waals surface area contributed by atoms with Crippen LogP contribution in [0.1, 0.15) is 5.56 Å². The van der Waals surface area contributed by atoms with Gasteiger partial charge in [-0.15, -0.1) is 0 Å². The lowest BCUT2D eigenvalue weighted by atomic mass is 10.1. The van der Waals surface area contributed by atoms with Gasteiger partial charge in [-0.05, 0) is 18.6 Å². The number of benzene rings is 1. The van der Waals surface area contributed by atoms with Gasteiger partial charge in [0.05, 0.1) is 11.0 Å². The first kappa shape index (κ1) is 8.48. The highest BCUT2D eigenvalue weighted by Gasteiger charge is 2.07. The largest absolute Gasteiger partial charge is 0.349 e. The van der Waals surface area contributed by atoms with E-state index in [0.717, 1.165) is 5.52 Å². The van der Waals surface area contributed by atoms with Crippen LogP contribution < -0.4 is 0 Å². The molecule has 0 atom stereocenters. The lowest BCUT2D eigenvalue weighted by molar-refractivity contribution is 0.966. The van der Waals surface area contributed by atoms with Gasteiger partial charge in [0.2, 0.25) is 0 Å². The maximum Gasteiger partial charge on any atom is 0.0944 e. The molecule has 2 heteroatoms. The molecule has 0 N–H and O–H groups in total. The van der Waals surface area contributed by atoms with Crippen LogP contribution in [0.3, 0.4) is 0 Å². The fourth-order valence-corrected chi connectivity index (χ4v) is 2.23. The molecule has 0 amide bonds. The van der Waals surface area contributed by atoms with E-state index in [1.165, 1.54) is 21.9 Å². The number of aryl methyl sites for hydroxylation is 2. The lowest BCUT2D eigenvalue weighted by Crippen LogP contribution is -1.87. The van der Waals surface area contributed by atoms with E-state index in [2.05, 4.69) is 47.9 Å². The molecule has 0 aliphatic rings. The van der Waals surface area contributed by atoms with Gasteiger partial charge in [-0.1, -0.05) is 18.2 Å². The van der Waals surface area contributed by atoms with Crippen LogP contribution in [-0.4, -0.2) is 9.55 Å². The zero-order valence-electron chi connectivity index (χ0n) is 8.86. The van der Waals surface area contributed by atoms with Crippen LogP contribution in [0.5, 0.6) is 0 Å². The summed E-state index contributed by atoms with van der Waals surface area (Å²) in [5.74, 6) is 0. The SMILES string of the molecule is Cc1cn(C)c2c1ccc1cccnc12. The Balaban J connectivity index is 2.64. The van der Waals surface area contributed by atoms with Gasteiger partial charge in [0.25, 0.3) is 0 Å². The highest BCUT2D eigenvalue weighted by Crippen LogP contribution is 2.26. The van der Waals surface area contributed by atoms with Crippen molar-refractivity contribution in [3.63, 3.8) is 0 Å². The van der Waals surface area contributed by atoms with Crippen molar-refractivity contribution in [2.24, 2.45) is 7.05 Å².